The van der Waals surface area contributed by atoms with Gasteiger partial charge in [-0.05, 0) is 17.0 Å². The van der Waals surface area contributed by atoms with Crippen molar-refractivity contribution in [3.05, 3.63) is 35.4 Å². The van der Waals surface area contributed by atoms with E-state index in [-0.39, 0.29) is 12.1 Å². The summed E-state index contributed by atoms with van der Waals surface area (Å²) in [5.41, 5.74) is 8.60. The summed E-state index contributed by atoms with van der Waals surface area (Å²) in [6.45, 7) is 6.50. The molecule has 2 rings (SSSR count). The van der Waals surface area contributed by atoms with Crippen molar-refractivity contribution in [2.45, 2.75) is 25.8 Å². The van der Waals surface area contributed by atoms with Gasteiger partial charge in [0.1, 0.15) is 0 Å². The third kappa shape index (κ3) is 3.07. The summed E-state index contributed by atoms with van der Waals surface area (Å²) in [5, 5.41) is 0. The highest BCUT2D eigenvalue weighted by atomic mass is 16.2. The van der Waals surface area contributed by atoms with Crippen molar-refractivity contribution in [2.75, 3.05) is 26.7 Å². The number of likely N-dealkylation sites (N-methyl/N-ethyl adjacent to an activating group) is 1. The van der Waals surface area contributed by atoms with Crippen molar-refractivity contribution in [3.63, 3.8) is 0 Å². The smallest absolute Gasteiger partial charge is 0.319 e. The van der Waals surface area contributed by atoms with E-state index in [0.717, 1.165) is 18.7 Å². The summed E-state index contributed by atoms with van der Waals surface area (Å²) in [6.07, 6.45) is 0. The van der Waals surface area contributed by atoms with E-state index in [1.165, 1.54) is 5.56 Å². The van der Waals surface area contributed by atoms with Crippen LogP contribution < -0.4 is 5.73 Å². The topological polar surface area (TPSA) is 49.6 Å². The van der Waals surface area contributed by atoms with Crippen molar-refractivity contribution in [3.8, 4) is 0 Å². The number of benzene rings is 1. The summed E-state index contributed by atoms with van der Waals surface area (Å²) in [5.74, 6) is 0.527. The van der Waals surface area contributed by atoms with Crippen molar-refractivity contribution in [1.29, 1.82) is 0 Å². The summed E-state index contributed by atoms with van der Waals surface area (Å²) in [4.78, 5) is 15.4. The first-order valence-electron chi connectivity index (χ1n) is 6.84. The minimum absolute atomic E-state index is 0.0780. The Morgan fingerprint density at radius 2 is 1.74 bits per heavy atom. The molecular weight excluding hydrogens is 238 g/mol. The van der Waals surface area contributed by atoms with Crippen LogP contribution in [0.15, 0.2) is 24.3 Å². The maximum absolute atomic E-state index is 11.8. The molecule has 0 spiro atoms. The van der Waals surface area contributed by atoms with Crippen LogP contribution in [0.2, 0.25) is 0 Å². The SMILES string of the molecule is CC(C)c1ccc(C(N)CN2CCN(C)C2=O)cc1. The second-order valence-electron chi connectivity index (χ2n) is 5.58. The maximum atomic E-state index is 11.8. The number of rotatable bonds is 4. The number of hydrogen-bond donors (Lipinski definition) is 1. The van der Waals surface area contributed by atoms with Gasteiger partial charge >= 0.3 is 6.03 Å². The van der Waals surface area contributed by atoms with Crippen LogP contribution in [-0.2, 0) is 0 Å². The summed E-state index contributed by atoms with van der Waals surface area (Å²) in [6, 6.07) is 8.36. The fourth-order valence-electron chi connectivity index (χ4n) is 2.34. The minimum Gasteiger partial charge on any atom is -0.326 e. The molecule has 1 unspecified atom stereocenters. The molecule has 1 aromatic carbocycles. The first-order valence-corrected chi connectivity index (χ1v) is 6.84. The van der Waals surface area contributed by atoms with Gasteiger partial charge in [-0.3, -0.25) is 0 Å². The lowest BCUT2D eigenvalue weighted by Gasteiger charge is -2.21. The molecule has 0 saturated carbocycles. The molecule has 19 heavy (non-hydrogen) atoms. The van der Waals surface area contributed by atoms with E-state index in [9.17, 15) is 4.79 Å². The molecule has 1 atom stereocenters. The molecule has 1 fully saturated rings. The molecule has 1 aliphatic rings. The Kier molecular flexibility index (Phi) is 4.10. The third-order valence-corrected chi connectivity index (χ3v) is 3.75. The van der Waals surface area contributed by atoms with Gasteiger partial charge in [0.2, 0.25) is 0 Å². The zero-order valence-corrected chi connectivity index (χ0v) is 12.0. The standard InChI is InChI=1S/C15H23N3O/c1-11(2)12-4-6-13(7-5-12)14(16)10-18-9-8-17(3)15(18)19/h4-7,11,14H,8-10,16H2,1-3H3. The van der Waals surface area contributed by atoms with Crippen LogP contribution >= 0.6 is 0 Å². The van der Waals surface area contributed by atoms with E-state index in [2.05, 4.69) is 38.1 Å². The van der Waals surface area contributed by atoms with Gasteiger partial charge in [-0.1, -0.05) is 38.1 Å². The van der Waals surface area contributed by atoms with Gasteiger partial charge in [-0.15, -0.1) is 0 Å². The van der Waals surface area contributed by atoms with E-state index in [1.807, 2.05) is 11.9 Å². The largest absolute Gasteiger partial charge is 0.326 e. The van der Waals surface area contributed by atoms with E-state index in [1.54, 1.807) is 4.90 Å². The Morgan fingerprint density at radius 3 is 2.21 bits per heavy atom. The summed E-state index contributed by atoms with van der Waals surface area (Å²) >= 11 is 0. The number of carbonyl (C=O) groups is 1. The van der Waals surface area contributed by atoms with Gasteiger partial charge in [0.15, 0.2) is 0 Å². The Hall–Kier alpha value is -1.55. The third-order valence-electron chi connectivity index (χ3n) is 3.75. The van der Waals surface area contributed by atoms with Gasteiger partial charge in [0.25, 0.3) is 0 Å². The lowest BCUT2D eigenvalue weighted by molar-refractivity contribution is 0.196. The van der Waals surface area contributed by atoms with Gasteiger partial charge < -0.3 is 15.5 Å². The highest BCUT2D eigenvalue weighted by Gasteiger charge is 2.26. The van der Waals surface area contributed by atoms with Crippen LogP contribution in [0.1, 0.15) is 36.9 Å². The predicted octanol–water partition coefficient (Wildman–Crippen LogP) is 2.18. The van der Waals surface area contributed by atoms with Crippen LogP contribution in [0.4, 0.5) is 4.79 Å². The molecular formula is C15H23N3O. The molecule has 0 aromatic heterocycles. The Balaban J connectivity index is 2.00. The van der Waals surface area contributed by atoms with Crippen molar-refractivity contribution >= 4 is 6.03 Å². The zero-order valence-electron chi connectivity index (χ0n) is 12.0. The fourth-order valence-corrected chi connectivity index (χ4v) is 2.34. The molecule has 0 aliphatic carbocycles. The van der Waals surface area contributed by atoms with Crippen LogP contribution in [0.5, 0.6) is 0 Å². The van der Waals surface area contributed by atoms with Crippen molar-refractivity contribution < 1.29 is 4.79 Å². The molecule has 2 amide bonds. The Labute approximate surface area is 115 Å². The Bertz CT molecular complexity index is 441. The predicted molar refractivity (Wildman–Crippen MR) is 77.1 cm³/mol. The molecule has 1 heterocycles. The highest BCUT2D eigenvalue weighted by Crippen LogP contribution is 2.19. The lowest BCUT2D eigenvalue weighted by atomic mass is 9.99. The molecule has 1 saturated heterocycles. The molecule has 0 radical (unpaired) electrons. The number of carbonyl (C=O) groups excluding carboxylic acids is 1. The van der Waals surface area contributed by atoms with E-state index in [0.29, 0.717) is 12.5 Å². The molecule has 2 N–H and O–H groups in total. The molecule has 1 aromatic rings. The second kappa shape index (κ2) is 5.61. The van der Waals surface area contributed by atoms with Gasteiger partial charge in [-0.25, -0.2) is 4.79 Å². The number of nitrogens with zero attached hydrogens (tertiary/aromatic N) is 2. The second-order valence-corrected chi connectivity index (χ2v) is 5.58. The number of urea groups is 1. The molecule has 1 aliphatic heterocycles. The van der Waals surface area contributed by atoms with Crippen LogP contribution in [0, 0.1) is 0 Å². The van der Waals surface area contributed by atoms with E-state index >= 15 is 0 Å². The zero-order chi connectivity index (χ0) is 14.0. The quantitative estimate of drug-likeness (QED) is 0.903. The molecule has 104 valence electrons. The molecule has 0 bridgehead atoms. The summed E-state index contributed by atoms with van der Waals surface area (Å²) in [7, 11) is 1.82. The Morgan fingerprint density at radius 1 is 1.16 bits per heavy atom. The van der Waals surface area contributed by atoms with Crippen LogP contribution in [0.3, 0.4) is 0 Å². The van der Waals surface area contributed by atoms with Gasteiger partial charge in [-0.2, -0.15) is 0 Å². The lowest BCUT2D eigenvalue weighted by Crippen LogP contribution is -2.35. The molecule has 4 heteroatoms. The first-order chi connectivity index (χ1) is 8.99. The number of amides is 2. The van der Waals surface area contributed by atoms with Crippen LogP contribution in [0.25, 0.3) is 0 Å². The number of hydrogen-bond acceptors (Lipinski definition) is 2. The first kappa shape index (κ1) is 13.9. The van der Waals surface area contributed by atoms with Gasteiger partial charge in [0.05, 0.1) is 0 Å². The van der Waals surface area contributed by atoms with E-state index in [4.69, 9.17) is 5.73 Å². The number of nitrogens with two attached hydrogens (primary N) is 1. The maximum Gasteiger partial charge on any atom is 0.319 e. The summed E-state index contributed by atoms with van der Waals surface area (Å²) < 4.78 is 0. The van der Waals surface area contributed by atoms with Gasteiger partial charge in [0, 0.05) is 32.7 Å². The van der Waals surface area contributed by atoms with Crippen LogP contribution in [-0.4, -0.2) is 42.5 Å². The normalized spacial score (nSPS) is 17.4. The van der Waals surface area contributed by atoms with E-state index < -0.39 is 0 Å². The molecule has 4 nitrogen and oxygen atoms in total. The fraction of sp³-hybridized carbons (Fsp3) is 0.533. The minimum atomic E-state index is -0.114. The van der Waals surface area contributed by atoms with Crippen molar-refractivity contribution in [1.82, 2.24) is 9.80 Å². The average Bonchev–Trinajstić information content (AvgIpc) is 2.71. The average molecular weight is 261 g/mol. The highest BCUT2D eigenvalue weighted by molar-refractivity contribution is 5.76. The monoisotopic (exact) mass is 261 g/mol. The van der Waals surface area contributed by atoms with Crippen molar-refractivity contribution in [2.24, 2.45) is 5.73 Å².